The van der Waals surface area contributed by atoms with Crippen LogP contribution < -0.4 is 0 Å². The van der Waals surface area contributed by atoms with Gasteiger partial charge in [0.1, 0.15) is 11.1 Å². The van der Waals surface area contributed by atoms with E-state index in [4.69, 9.17) is 0 Å². The summed E-state index contributed by atoms with van der Waals surface area (Å²) in [5, 5.41) is 10.1. The Morgan fingerprint density at radius 1 is 1.05 bits per heavy atom. The molecule has 0 bridgehead atoms. The van der Waals surface area contributed by atoms with Gasteiger partial charge in [0.15, 0.2) is 0 Å². The van der Waals surface area contributed by atoms with Crippen LogP contribution in [-0.4, -0.2) is 4.98 Å². The van der Waals surface area contributed by atoms with E-state index in [0.29, 0.717) is 5.56 Å². The summed E-state index contributed by atoms with van der Waals surface area (Å²) in [7, 11) is 0. The van der Waals surface area contributed by atoms with Crippen molar-refractivity contribution in [2.75, 3.05) is 0 Å². The first kappa shape index (κ1) is 13.6. The van der Waals surface area contributed by atoms with Gasteiger partial charge in [0, 0.05) is 10.6 Å². The van der Waals surface area contributed by atoms with Crippen LogP contribution in [0.2, 0.25) is 0 Å². The Bertz CT molecular complexity index is 669. The van der Waals surface area contributed by atoms with Crippen molar-refractivity contribution < 1.29 is 0 Å². The number of benzene rings is 1. The van der Waals surface area contributed by atoms with Gasteiger partial charge in [0.2, 0.25) is 0 Å². The number of nitrogens with zero attached hydrogens (tertiary/aromatic N) is 2. The molecule has 0 unspecified atom stereocenters. The van der Waals surface area contributed by atoms with Gasteiger partial charge in [-0.1, -0.05) is 23.9 Å². The zero-order valence-corrected chi connectivity index (χ0v) is 12.4. The van der Waals surface area contributed by atoms with Crippen molar-refractivity contribution in [3.05, 3.63) is 52.2 Å². The number of aromatic nitrogens is 1. The van der Waals surface area contributed by atoms with Crippen molar-refractivity contribution in [1.29, 1.82) is 5.26 Å². The first-order valence-corrected chi connectivity index (χ1v) is 6.96. The maximum Gasteiger partial charge on any atom is 0.119 e. The molecule has 0 radical (unpaired) electrons. The molecule has 96 valence electrons. The lowest BCUT2D eigenvalue weighted by Gasteiger charge is -2.09. The van der Waals surface area contributed by atoms with E-state index in [-0.39, 0.29) is 0 Å². The summed E-state index contributed by atoms with van der Waals surface area (Å²) in [4.78, 5) is 5.67. The first-order valence-electron chi connectivity index (χ1n) is 6.14. The third-order valence-electron chi connectivity index (χ3n) is 2.97. The van der Waals surface area contributed by atoms with Gasteiger partial charge >= 0.3 is 0 Å². The summed E-state index contributed by atoms with van der Waals surface area (Å²) in [6.45, 7) is 8.07. The van der Waals surface area contributed by atoms with Crippen molar-refractivity contribution in [2.45, 2.75) is 37.6 Å². The van der Waals surface area contributed by atoms with Crippen LogP contribution in [0.3, 0.4) is 0 Å². The van der Waals surface area contributed by atoms with Gasteiger partial charge in [-0.2, -0.15) is 5.26 Å². The molecule has 2 rings (SSSR count). The number of pyridine rings is 1. The smallest absolute Gasteiger partial charge is 0.119 e. The Morgan fingerprint density at radius 2 is 1.79 bits per heavy atom. The van der Waals surface area contributed by atoms with Gasteiger partial charge in [0.05, 0.1) is 5.56 Å². The Kier molecular flexibility index (Phi) is 3.92. The van der Waals surface area contributed by atoms with Crippen molar-refractivity contribution in [1.82, 2.24) is 4.98 Å². The average molecular weight is 268 g/mol. The second-order valence-corrected chi connectivity index (χ2v) is 5.77. The van der Waals surface area contributed by atoms with Crippen LogP contribution in [0, 0.1) is 39.0 Å². The molecule has 0 saturated heterocycles. The summed E-state index contributed by atoms with van der Waals surface area (Å²) in [6.07, 6.45) is 0. The number of nitriles is 1. The van der Waals surface area contributed by atoms with Crippen molar-refractivity contribution in [2.24, 2.45) is 0 Å². The Hall–Kier alpha value is -1.79. The highest BCUT2D eigenvalue weighted by Crippen LogP contribution is 2.33. The van der Waals surface area contributed by atoms with Crippen LogP contribution >= 0.6 is 11.8 Å². The molecule has 0 atom stereocenters. The van der Waals surface area contributed by atoms with E-state index in [1.807, 2.05) is 19.9 Å². The van der Waals surface area contributed by atoms with Crippen LogP contribution in [0.5, 0.6) is 0 Å². The molecule has 3 heteroatoms. The second kappa shape index (κ2) is 5.46. The molecule has 0 saturated carbocycles. The molecule has 1 aromatic carbocycles. The fourth-order valence-electron chi connectivity index (χ4n) is 1.93. The third-order valence-corrected chi connectivity index (χ3v) is 4.12. The number of rotatable bonds is 2. The molecule has 0 fully saturated rings. The summed E-state index contributed by atoms with van der Waals surface area (Å²) in [6, 6.07) is 10.6. The quantitative estimate of drug-likeness (QED) is 0.813. The highest BCUT2D eigenvalue weighted by molar-refractivity contribution is 7.99. The molecule has 0 aliphatic rings. The minimum absolute atomic E-state index is 0.677. The van der Waals surface area contributed by atoms with Crippen LogP contribution in [0.25, 0.3) is 0 Å². The molecular formula is C16H16N2S. The zero-order valence-electron chi connectivity index (χ0n) is 11.6. The van der Waals surface area contributed by atoms with Crippen molar-refractivity contribution in [3.8, 4) is 6.07 Å². The van der Waals surface area contributed by atoms with Crippen molar-refractivity contribution in [3.63, 3.8) is 0 Å². The molecule has 1 aromatic heterocycles. The van der Waals surface area contributed by atoms with Gasteiger partial charge in [-0.05, 0) is 56.5 Å². The predicted octanol–water partition coefficient (Wildman–Crippen LogP) is 4.34. The summed E-state index contributed by atoms with van der Waals surface area (Å²) >= 11 is 1.57. The molecule has 0 spiro atoms. The molecule has 2 nitrogen and oxygen atoms in total. The van der Waals surface area contributed by atoms with Gasteiger partial charge in [-0.25, -0.2) is 4.98 Å². The fourth-order valence-corrected chi connectivity index (χ4v) is 3.11. The van der Waals surface area contributed by atoms with E-state index in [9.17, 15) is 5.26 Å². The fraction of sp³-hybridized carbons (Fsp3) is 0.250. The van der Waals surface area contributed by atoms with E-state index in [1.54, 1.807) is 11.8 Å². The van der Waals surface area contributed by atoms with Crippen LogP contribution in [0.4, 0.5) is 0 Å². The molecule has 1 heterocycles. The Labute approximate surface area is 118 Å². The summed E-state index contributed by atoms with van der Waals surface area (Å²) < 4.78 is 0. The maximum atomic E-state index is 9.29. The van der Waals surface area contributed by atoms with Crippen LogP contribution in [-0.2, 0) is 0 Å². The zero-order chi connectivity index (χ0) is 14.0. The molecular weight excluding hydrogens is 252 g/mol. The number of hydrogen-bond acceptors (Lipinski definition) is 3. The normalized spacial score (nSPS) is 10.3. The third kappa shape index (κ3) is 2.97. The van der Waals surface area contributed by atoms with E-state index in [0.717, 1.165) is 21.2 Å². The average Bonchev–Trinajstić information content (AvgIpc) is 2.33. The topological polar surface area (TPSA) is 36.7 Å². The monoisotopic (exact) mass is 268 g/mol. The van der Waals surface area contributed by atoms with E-state index < -0.39 is 0 Å². The van der Waals surface area contributed by atoms with Gasteiger partial charge in [-0.15, -0.1) is 0 Å². The van der Waals surface area contributed by atoms with E-state index in [1.165, 1.54) is 11.1 Å². The Morgan fingerprint density at radius 3 is 2.47 bits per heavy atom. The lowest BCUT2D eigenvalue weighted by Crippen LogP contribution is -1.94. The largest absolute Gasteiger partial charge is 0.245 e. The molecule has 19 heavy (non-hydrogen) atoms. The number of hydrogen-bond donors (Lipinski definition) is 0. The van der Waals surface area contributed by atoms with E-state index in [2.05, 4.69) is 43.1 Å². The SMILES string of the molecule is Cc1ccc(C)c(Sc2nc(C)cc(C)c2C#N)c1. The molecule has 2 aromatic rings. The van der Waals surface area contributed by atoms with Crippen LogP contribution in [0.15, 0.2) is 34.2 Å². The lowest BCUT2D eigenvalue weighted by atomic mass is 10.1. The van der Waals surface area contributed by atoms with Crippen LogP contribution in [0.1, 0.15) is 27.9 Å². The van der Waals surface area contributed by atoms with E-state index >= 15 is 0 Å². The van der Waals surface area contributed by atoms with Gasteiger partial charge in [0.25, 0.3) is 0 Å². The maximum absolute atomic E-state index is 9.29. The second-order valence-electron chi connectivity index (χ2n) is 4.74. The van der Waals surface area contributed by atoms with Crippen molar-refractivity contribution >= 4 is 11.8 Å². The molecule has 0 aliphatic heterocycles. The standard InChI is InChI=1S/C16H16N2S/c1-10-5-6-11(2)15(7-10)19-16-14(9-17)12(3)8-13(4)18-16/h5-8H,1-4H3. The Balaban J connectivity index is 2.49. The highest BCUT2D eigenvalue weighted by atomic mass is 32.2. The minimum atomic E-state index is 0.677. The molecule has 0 amide bonds. The molecule has 0 N–H and O–H groups in total. The predicted molar refractivity (Wildman–Crippen MR) is 78.5 cm³/mol. The summed E-state index contributed by atoms with van der Waals surface area (Å²) in [5.74, 6) is 0. The lowest BCUT2D eigenvalue weighted by molar-refractivity contribution is 1.03. The first-order chi connectivity index (χ1) is 9.01. The molecule has 0 aliphatic carbocycles. The minimum Gasteiger partial charge on any atom is -0.245 e. The number of aryl methyl sites for hydroxylation is 4. The van der Waals surface area contributed by atoms with Gasteiger partial charge < -0.3 is 0 Å². The van der Waals surface area contributed by atoms with Gasteiger partial charge in [-0.3, -0.25) is 0 Å². The summed E-state index contributed by atoms with van der Waals surface area (Å²) in [5.41, 5.74) is 5.04. The highest BCUT2D eigenvalue weighted by Gasteiger charge is 2.11.